The molecular formula is C23H39N7O. The van der Waals surface area contributed by atoms with Crippen LogP contribution in [0.1, 0.15) is 51.4 Å². The number of anilines is 2. The lowest BCUT2D eigenvalue weighted by Gasteiger charge is -2.39. The summed E-state index contributed by atoms with van der Waals surface area (Å²) >= 11 is 0. The van der Waals surface area contributed by atoms with E-state index in [4.69, 9.17) is 14.7 Å². The number of hydrogen-bond acceptors (Lipinski definition) is 7. The van der Waals surface area contributed by atoms with Gasteiger partial charge in [0, 0.05) is 33.2 Å². The van der Waals surface area contributed by atoms with Crippen molar-refractivity contribution in [1.82, 2.24) is 24.6 Å². The predicted octanol–water partition coefficient (Wildman–Crippen LogP) is 3.29. The van der Waals surface area contributed by atoms with E-state index in [9.17, 15) is 0 Å². The number of likely N-dealkylation sites (N-methyl/N-ethyl adjacent to an activating group) is 1. The minimum Gasteiger partial charge on any atom is -0.378 e. The Bertz CT molecular complexity index is 844. The molecule has 2 aromatic rings. The van der Waals surface area contributed by atoms with E-state index in [1.165, 1.54) is 51.4 Å². The Morgan fingerprint density at radius 1 is 1.06 bits per heavy atom. The number of nitrogens with one attached hydrogen (secondary N) is 1. The molecule has 0 bridgehead atoms. The van der Waals surface area contributed by atoms with Crippen molar-refractivity contribution in [3.8, 4) is 0 Å². The molecule has 0 radical (unpaired) electrons. The predicted molar refractivity (Wildman–Crippen MR) is 126 cm³/mol. The molecule has 1 saturated heterocycles. The van der Waals surface area contributed by atoms with E-state index in [-0.39, 0.29) is 0 Å². The molecule has 1 saturated carbocycles. The molecule has 2 aromatic heterocycles. The second kappa shape index (κ2) is 10.1. The minimum atomic E-state index is 0.452. The monoisotopic (exact) mass is 429 g/mol. The van der Waals surface area contributed by atoms with Gasteiger partial charge in [-0.05, 0) is 45.2 Å². The smallest absolute Gasteiger partial charge is 0.229 e. The van der Waals surface area contributed by atoms with Crippen molar-refractivity contribution in [3.05, 3.63) is 6.20 Å². The van der Waals surface area contributed by atoms with Crippen LogP contribution in [0.15, 0.2) is 6.20 Å². The highest BCUT2D eigenvalue weighted by atomic mass is 16.5. The maximum absolute atomic E-state index is 5.74. The van der Waals surface area contributed by atoms with E-state index in [0.29, 0.717) is 12.0 Å². The molecule has 2 aliphatic rings. The van der Waals surface area contributed by atoms with Gasteiger partial charge in [-0.25, -0.2) is 0 Å². The molecule has 31 heavy (non-hydrogen) atoms. The third-order valence-corrected chi connectivity index (χ3v) is 6.91. The molecule has 1 spiro atoms. The molecule has 1 N–H and O–H groups in total. The van der Waals surface area contributed by atoms with Crippen molar-refractivity contribution in [1.29, 1.82) is 0 Å². The number of aromatic nitrogens is 4. The maximum atomic E-state index is 5.74. The van der Waals surface area contributed by atoms with Gasteiger partial charge < -0.3 is 19.9 Å². The second-order valence-corrected chi connectivity index (χ2v) is 9.66. The van der Waals surface area contributed by atoms with Gasteiger partial charge >= 0.3 is 0 Å². The Kier molecular flexibility index (Phi) is 7.27. The third-order valence-electron chi connectivity index (χ3n) is 6.91. The number of nitrogens with zero attached hydrogens (tertiary/aromatic N) is 6. The highest BCUT2D eigenvalue weighted by Crippen LogP contribution is 2.43. The molecule has 0 atom stereocenters. The average Bonchev–Trinajstić information content (AvgIpc) is 3.01. The quantitative estimate of drug-likeness (QED) is 0.646. The van der Waals surface area contributed by atoms with Crippen LogP contribution < -0.4 is 10.2 Å². The molecule has 1 aliphatic heterocycles. The Labute approximate surface area is 186 Å². The van der Waals surface area contributed by atoms with Crippen LogP contribution in [0.3, 0.4) is 0 Å². The van der Waals surface area contributed by atoms with E-state index in [1.807, 2.05) is 17.9 Å². The summed E-state index contributed by atoms with van der Waals surface area (Å²) < 4.78 is 7.60. The molecule has 1 aliphatic carbocycles. The normalized spacial score (nSPS) is 19.3. The molecule has 3 heterocycles. The second-order valence-electron chi connectivity index (χ2n) is 9.66. The number of fused-ring (bicyclic) bond motifs is 1. The highest BCUT2D eigenvalue weighted by molar-refractivity contribution is 5.87. The Hall–Kier alpha value is -1.93. The average molecular weight is 430 g/mol. The van der Waals surface area contributed by atoms with Crippen molar-refractivity contribution in [2.45, 2.75) is 51.4 Å². The fraction of sp³-hybridized carbons (Fsp3) is 0.783. The van der Waals surface area contributed by atoms with Gasteiger partial charge in [0.05, 0.1) is 24.8 Å². The zero-order chi connectivity index (χ0) is 21.7. The standard InChI is InChI=1S/C23H39N7O/c1-28(2)14-16-31-15-12-24-20-19-17-25-29(3)21(19)27-22(26-20)30-13-8-7-11-23(18-30)9-5-4-6-10-23/h17H,4-16,18H2,1-3H3,(H,24,26,27). The van der Waals surface area contributed by atoms with Crippen LogP contribution in [0.25, 0.3) is 11.0 Å². The van der Waals surface area contributed by atoms with Gasteiger partial charge in [0.15, 0.2) is 5.65 Å². The molecule has 172 valence electrons. The summed E-state index contributed by atoms with van der Waals surface area (Å²) in [6, 6.07) is 0. The Balaban J connectivity index is 1.50. The van der Waals surface area contributed by atoms with E-state index < -0.39 is 0 Å². The summed E-state index contributed by atoms with van der Waals surface area (Å²) in [5, 5.41) is 8.90. The molecule has 8 nitrogen and oxygen atoms in total. The van der Waals surface area contributed by atoms with Crippen molar-refractivity contribution in [2.75, 3.05) is 63.7 Å². The Morgan fingerprint density at radius 2 is 1.84 bits per heavy atom. The number of hydrogen-bond donors (Lipinski definition) is 1. The fourth-order valence-corrected chi connectivity index (χ4v) is 5.12. The SMILES string of the molecule is CN(C)CCOCCNc1nc(N2CCCCC3(CCCCC3)C2)nc2c1cnn2C. The topological polar surface area (TPSA) is 71.3 Å². The van der Waals surface area contributed by atoms with Crippen molar-refractivity contribution in [3.63, 3.8) is 0 Å². The fourth-order valence-electron chi connectivity index (χ4n) is 5.12. The summed E-state index contributed by atoms with van der Waals surface area (Å²) in [6.45, 7) is 5.17. The summed E-state index contributed by atoms with van der Waals surface area (Å²) in [6.07, 6.45) is 12.6. The van der Waals surface area contributed by atoms with Gasteiger partial charge in [0.25, 0.3) is 0 Å². The van der Waals surface area contributed by atoms with Crippen molar-refractivity contribution in [2.24, 2.45) is 12.5 Å². The molecule has 0 aromatic carbocycles. The van der Waals surface area contributed by atoms with Crippen LogP contribution in [0, 0.1) is 5.41 Å². The van der Waals surface area contributed by atoms with Gasteiger partial charge in [-0.3, -0.25) is 4.68 Å². The third kappa shape index (κ3) is 5.47. The van der Waals surface area contributed by atoms with Crippen LogP contribution in [-0.2, 0) is 11.8 Å². The van der Waals surface area contributed by atoms with E-state index in [1.54, 1.807) is 0 Å². The number of rotatable bonds is 8. The lowest BCUT2D eigenvalue weighted by atomic mass is 9.71. The molecule has 2 fully saturated rings. The van der Waals surface area contributed by atoms with Crippen LogP contribution >= 0.6 is 0 Å². The maximum Gasteiger partial charge on any atom is 0.229 e. The zero-order valence-electron chi connectivity index (χ0n) is 19.6. The van der Waals surface area contributed by atoms with E-state index in [2.05, 4.69) is 34.3 Å². The van der Waals surface area contributed by atoms with Gasteiger partial charge in [-0.15, -0.1) is 0 Å². The van der Waals surface area contributed by atoms with Crippen molar-refractivity contribution < 1.29 is 4.74 Å². The van der Waals surface area contributed by atoms with Gasteiger partial charge in [0.2, 0.25) is 5.95 Å². The molecule has 0 unspecified atom stereocenters. The Morgan fingerprint density at radius 3 is 2.61 bits per heavy atom. The molecule has 4 rings (SSSR count). The van der Waals surface area contributed by atoms with Gasteiger partial charge in [-0.2, -0.15) is 15.1 Å². The number of ether oxygens (including phenoxy) is 1. The molecule has 0 amide bonds. The first-order valence-corrected chi connectivity index (χ1v) is 12.0. The van der Waals surface area contributed by atoms with Crippen LogP contribution in [0.5, 0.6) is 0 Å². The van der Waals surface area contributed by atoms with Crippen LogP contribution in [0.4, 0.5) is 11.8 Å². The minimum absolute atomic E-state index is 0.452. The van der Waals surface area contributed by atoms with Crippen molar-refractivity contribution >= 4 is 22.8 Å². The first-order chi connectivity index (χ1) is 15.1. The first-order valence-electron chi connectivity index (χ1n) is 12.0. The summed E-state index contributed by atoms with van der Waals surface area (Å²) in [5.74, 6) is 1.71. The highest BCUT2D eigenvalue weighted by Gasteiger charge is 2.36. The lowest BCUT2D eigenvalue weighted by molar-refractivity contribution is 0.126. The van der Waals surface area contributed by atoms with Gasteiger partial charge in [0.1, 0.15) is 5.82 Å². The summed E-state index contributed by atoms with van der Waals surface area (Å²) in [4.78, 5) is 14.5. The van der Waals surface area contributed by atoms with E-state index >= 15 is 0 Å². The zero-order valence-corrected chi connectivity index (χ0v) is 19.6. The largest absolute Gasteiger partial charge is 0.378 e. The van der Waals surface area contributed by atoms with Gasteiger partial charge in [-0.1, -0.05) is 25.7 Å². The lowest BCUT2D eigenvalue weighted by Crippen LogP contribution is -2.38. The van der Waals surface area contributed by atoms with E-state index in [0.717, 1.165) is 55.6 Å². The summed E-state index contributed by atoms with van der Waals surface area (Å²) in [5.41, 5.74) is 1.34. The summed E-state index contributed by atoms with van der Waals surface area (Å²) in [7, 11) is 6.07. The molecule has 8 heteroatoms. The first kappa shape index (κ1) is 22.3. The molecular weight excluding hydrogens is 390 g/mol. The number of aryl methyl sites for hydroxylation is 1. The van der Waals surface area contributed by atoms with Crippen LogP contribution in [-0.4, -0.2) is 78.1 Å². The van der Waals surface area contributed by atoms with Crippen LogP contribution in [0.2, 0.25) is 0 Å².